The van der Waals surface area contributed by atoms with Gasteiger partial charge in [-0.2, -0.15) is 0 Å². The highest BCUT2D eigenvalue weighted by atomic mass is 14.8. The normalized spacial score (nSPS) is 9.92. The second-order valence-electron chi connectivity index (χ2n) is 2.78. The molecule has 0 fully saturated rings. The number of hydrogen-bond acceptors (Lipinski definition) is 3. The van der Waals surface area contributed by atoms with Gasteiger partial charge >= 0.3 is 0 Å². The highest BCUT2D eigenvalue weighted by molar-refractivity contribution is 5.56. The molecular weight excluding hydrogens is 162 g/mol. The van der Waals surface area contributed by atoms with Crippen LogP contribution < -0.4 is 0 Å². The van der Waals surface area contributed by atoms with Crippen LogP contribution in [0.5, 0.6) is 0 Å². The number of pyridine rings is 1. The van der Waals surface area contributed by atoms with E-state index in [4.69, 9.17) is 0 Å². The van der Waals surface area contributed by atoms with Crippen LogP contribution in [0.25, 0.3) is 11.3 Å². The molecule has 0 unspecified atom stereocenters. The quantitative estimate of drug-likeness (QED) is 0.657. The summed E-state index contributed by atoms with van der Waals surface area (Å²) in [4.78, 5) is 12.2. The van der Waals surface area contributed by atoms with Crippen molar-refractivity contribution in [3.63, 3.8) is 0 Å². The summed E-state index contributed by atoms with van der Waals surface area (Å²) in [5.41, 5.74) is 2.94. The summed E-state index contributed by atoms with van der Waals surface area (Å²) >= 11 is 0. The van der Waals surface area contributed by atoms with E-state index in [1.165, 1.54) is 6.33 Å². The van der Waals surface area contributed by atoms with E-state index in [2.05, 4.69) is 15.0 Å². The van der Waals surface area contributed by atoms with Crippen molar-refractivity contribution in [2.24, 2.45) is 0 Å². The Kier molecular flexibility index (Phi) is 2.00. The van der Waals surface area contributed by atoms with Crippen molar-refractivity contribution in [2.75, 3.05) is 0 Å². The van der Waals surface area contributed by atoms with E-state index in [9.17, 15) is 0 Å². The third kappa shape index (κ3) is 1.69. The van der Waals surface area contributed by atoms with E-state index in [0.29, 0.717) is 0 Å². The molecule has 0 aliphatic heterocycles. The lowest BCUT2D eigenvalue weighted by Crippen LogP contribution is -1.86. The molecule has 0 atom stereocenters. The molecule has 0 aliphatic rings. The molecule has 0 saturated carbocycles. The number of hydrogen-bond donors (Lipinski definition) is 0. The van der Waals surface area contributed by atoms with Crippen molar-refractivity contribution in [3.05, 3.63) is 42.6 Å². The van der Waals surface area contributed by atoms with Crippen molar-refractivity contribution in [3.8, 4) is 11.3 Å². The standard InChI is InChI=1S/C10H9N3/c1-8-2-3-9(6-12-8)10-4-5-11-7-13-10/h2-7H,1H3. The van der Waals surface area contributed by atoms with Gasteiger partial charge in [0.25, 0.3) is 0 Å². The molecule has 0 spiro atoms. The second kappa shape index (κ2) is 3.31. The summed E-state index contributed by atoms with van der Waals surface area (Å²) in [6.07, 6.45) is 5.08. The van der Waals surface area contributed by atoms with Crippen LogP contribution >= 0.6 is 0 Å². The van der Waals surface area contributed by atoms with Gasteiger partial charge in [0.1, 0.15) is 6.33 Å². The summed E-state index contributed by atoms with van der Waals surface area (Å²) in [6.45, 7) is 1.96. The Balaban J connectivity index is 2.42. The summed E-state index contributed by atoms with van der Waals surface area (Å²) in [5.74, 6) is 0. The smallest absolute Gasteiger partial charge is 0.116 e. The Bertz CT molecular complexity index is 381. The largest absolute Gasteiger partial charge is 0.261 e. The lowest BCUT2D eigenvalue weighted by atomic mass is 10.2. The molecule has 0 amide bonds. The van der Waals surface area contributed by atoms with Crippen LogP contribution in [0.2, 0.25) is 0 Å². The molecule has 3 heteroatoms. The van der Waals surface area contributed by atoms with Crippen molar-refractivity contribution in [1.82, 2.24) is 15.0 Å². The van der Waals surface area contributed by atoms with E-state index < -0.39 is 0 Å². The van der Waals surface area contributed by atoms with Crippen LogP contribution in [0.1, 0.15) is 5.69 Å². The van der Waals surface area contributed by atoms with E-state index >= 15 is 0 Å². The summed E-state index contributed by atoms with van der Waals surface area (Å²) in [5, 5.41) is 0. The molecular formula is C10H9N3. The zero-order valence-corrected chi connectivity index (χ0v) is 7.31. The second-order valence-corrected chi connectivity index (χ2v) is 2.78. The number of aryl methyl sites for hydroxylation is 1. The average molecular weight is 171 g/mol. The Morgan fingerprint density at radius 3 is 2.62 bits per heavy atom. The molecule has 64 valence electrons. The number of nitrogens with zero attached hydrogens (tertiary/aromatic N) is 3. The lowest BCUT2D eigenvalue weighted by molar-refractivity contribution is 1.15. The van der Waals surface area contributed by atoms with Gasteiger partial charge in [-0.3, -0.25) is 4.98 Å². The maximum absolute atomic E-state index is 4.20. The zero-order chi connectivity index (χ0) is 9.10. The monoisotopic (exact) mass is 171 g/mol. The fourth-order valence-corrected chi connectivity index (χ4v) is 1.08. The summed E-state index contributed by atoms with van der Waals surface area (Å²) in [7, 11) is 0. The summed E-state index contributed by atoms with van der Waals surface area (Å²) < 4.78 is 0. The maximum Gasteiger partial charge on any atom is 0.116 e. The zero-order valence-electron chi connectivity index (χ0n) is 7.31. The van der Waals surface area contributed by atoms with E-state index in [-0.39, 0.29) is 0 Å². The molecule has 0 N–H and O–H groups in total. The van der Waals surface area contributed by atoms with Gasteiger partial charge in [-0.05, 0) is 25.1 Å². The Morgan fingerprint density at radius 1 is 1.08 bits per heavy atom. The molecule has 0 radical (unpaired) electrons. The fraction of sp³-hybridized carbons (Fsp3) is 0.100. The first-order chi connectivity index (χ1) is 6.36. The minimum absolute atomic E-state index is 0.905. The number of aromatic nitrogens is 3. The topological polar surface area (TPSA) is 38.7 Å². The average Bonchev–Trinajstić information content (AvgIpc) is 2.20. The van der Waals surface area contributed by atoms with Crippen LogP contribution in [0, 0.1) is 6.92 Å². The molecule has 0 aliphatic carbocycles. The lowest BCUT2D eigenvalue weighted by Gasteiger charge is -1.98. The molecule has 0 bridgehead atoms. The third-order valence-corrected chi connectivity index (χ3v) is 1.79. The van der Waals surface area contributed by atoms with Crippen molar-refractivity contribution in [1.29, 1.82) is 0 Å². The van der Waals surface area contributed by atoms with Crippen molar-refractivity contribution < 1.29 is 0 Å². The van der Waals surface area contributed by atoms with E-state index in [0.717, 1.165) is 17.0 Å². The van der Waals surface area contributed by atoms with Gasteiger partial charge in [0, 0.05) is 23.7 Å². The van der Waals surface area contributed by atoms with Crippen LogP contribution in [-0.2, 0) is 0 Å². The Morgan fingerprint density at radius 2 is 2.00 bits per heavy atom. The molecule has 2 heterocycles. The van der Waals surface area contributed by atoms with Gasteiger partial charge in [-0.15, -0.1) is 0 Å². The molecule has 3 nitrogen and oxygen atoms in total. The van der Waals surface area contributed by atoms with Gasteiger partial charge in [-0.1, -0.05) is 0 Å². The highest BCUT2D eigenvalue weighted by Gasteiger charge is 1.96. The Hall–Kier alpha value is -1.77. The van der Waals surface area contributed by atoms with Gasteiger partial charge in [0.2, 0.25) is 0 Å². The van der Waals surface area contributed by atoms with Gasteiger partial charge < -0.3 is 0 Å². The Labute approximate surface area is 76.5 Å². The van der Waals surface area contributed by atoms with Crippen molar-refractivity contribution in [2.45, 2.75) is 6.92 Å². The summed E-state index contributed by atoms with van der Waals surface area (Å²) in [6, 6.07) is 5.84. The molecule has 2 rings (SSSR count). The van der Waals surface area contributed by atoms with Crippen LogP contribution in [0.15, 0.2) is 36.9 Å². The van der Waals surface area contributed by atoms with Gasteiger partial charge in [-0.25, -0.2) is 9.97 Å². The first-order valence-corrected chi connectivity index (χ1v) is 4.05. The molecule has 2 aromatic heterocycles. The minimum Gasteiger partial charge on any atom is -0.261 e. The van der Waals surface area contributed by atoms with E-state index in [1.807, 2.05) is 31.3 Å². The first kappa shape index (κ1) is 7.86. The number of rotatable bonds is 1. The van der Waals surface area contributed by atoms with Gasteiger partial charge in [0.05, 0.1) is 5.69 Å². The van der Waals surface area contributed by atoms with Crippen LogP contribution in [0.4, 0.5) is 0 Å². The van der Waals surface area contributed by atoms with Gasteiger partial charge in [0.15, 0.2) is 0 Å². The fourth-order valence-electron chi connectivity index (χ4n) is 1.08. The van der Waals surface area contributed by atoms with E-state index in [1.54, 1.807) is 6.20 Å². The highest BCUT2D eigenvalue weighted by Crippen LogP contribution is 2.13. The molecule has 13 heavy (non-hydrogen) atoms. The molecule has 0 saturated heterocycles. The predicted octanol–water partition coefficient (Wildman–Crippen LogP) is 1.85. The molecule has 0 aromatic carbocycles. The SMILES string of the molecule is Cc1ccc(-c2ccncn2)cn1. The van der Waals surface area contributed by atoms with Crippen molar-refractivity contribution >= 4 is 0 Å². The third-order valence-electron chi connectivity index (χ3n) is 1.79. The maximum atomic E-state index is 4.20. The molecule has 2 aromatic rings. The minimum atomic E-state index is 0.905. The van der Waals surface area contributed by atoms with Crippen LogP contribution in [-0.4, -0.2) is 15.0 Å². The first-order valence-electron chi connectivity index (χ1n) is 4.05. The van der Waals surface area contributed by atoms with Crippen LogP contribution in [0.3, 0.4) is 0 Å². The predicted molar refractivity (Wildman–Crippen MR) is 50.0 cm³/mol.